The SMILES string of the molecule is COc1ccc(-c2cc(-c3cccnc3)n(CCNC(=O)CC3CCCC3)n2)cc1. The van der Waals surface area contributed by atoms with Crippen molar-refractivity contribution in [2.75, 3.05) is 13.7 Å². The van der Waals surface area contributed by atoms with Crippen LogP contribution in [0.3, 0.4) is 0 Å². The second-order valence-corrected chi connectivity index (χ2v) is 7.81. The molecule has 4 rings (SSSR count). The maximum Gasteiger partial charge on any atom is 0.220 e. The van der Waals surface area contributed by atoms with Crippen LogP contribution in [0.4, 0.5) is 0 Å². The monoisotopic (exact) mass is 404 g/mol. The fourth-order valence-electron chi connectivity index (χ4n) is 4.09. The van der Waals surface area contributed by atoms with Gasteiger partial charge in [-0.3, -0.25) is 14.5 Å². The molecule has 6 nitrogen and oxygen atoms in total. The molecule has 6 heteroatoms. The van der Waals surface area contributed by atoms with Crippen molar-refractivity contribution in [3.8, 4) is 28.3 Å². The first kappa shape index (κ1) is 20.1. The average molecular weight is 405 g/mol. The quantitative estimate of drug-likeness (QED) is 0.607. The van der Waals surface area contributed by atoms with E-state index in [1.807, 2.05) is 47.3 Å². The first-order valence-electron chi connectivity index (χ1n) is 10.6. The van der Waals surface area contributed by atoms with Crippen molar-refractivity contribution >= 4 is 5.91 Å². The minimum absolute atomic E-state index is 0.146. The fraction of sp³-hybridized carbons (Fsp3) is 0.375. The molecular formula is C24H28N4O2. The van der Waals surface area contributed by atoms with Crippen LogP contribution in [0, 0.1) is 5.92 Å². The Morgan fingerprint density at radius 3 is 2.67 bits per heavy atom. The van der Waals surface area contributed by atoms with Crippen LogP contribution in [0.25, 0.3) is 22.5 Å². The van der Waals surface area contributed by atoms with Crippen molar-refractivity contribution in [1.29, 1.82) is 0 Å². The van der Waals surface area contributed by atoms with Gasteiger partial charge < -0.3 is 10.1 Å². The zero-order valence-corrected chi connectivity index (χ0v) is 17.4. The number of carbonyl (C=O) groups excluding carboxylic acids is 1. The van der Waals surface area contributed by atoms with Gasteiger partial charge in [-0.15, -0.1) is 0 Å². The Morgan fingerprint density at radius 1 is 1.17 bits per heavy atom. The molecule has 0 unspecified atom stereocenters. The summed E-state index contributed by atoms with van der Waals surface area (Å²) >= 11 is 0. The lowest BCUT2D eigenvalue weighted by molar-refractivity contribution is -0.122. The number of benzene rings is 1. The van der Waals surface area contributed by atoms with Gasteiger partial charge in [0.2, 0.25) is 5.91 Å². The average Bonchev–Trinajstić information content (AvgIpc) is 3.44. The van der Waals surface area contributed by atoms with E-state index in [2.05, 4.69) is 16.4 Å². The summed E-state index contributed by atoms with van der Waals surface area (Å²) in [5, 5.41) is 7.88. The van der Waals surface area contributed by atoms with Crippen LogP contribution in [-0.4, -0.2) is 34.3 Å². The van der Waals surface area contributed by atoms with Crippen LogP contribution in [0.15, 0.2) is 54.9 Å². The molecule has 1 N–H and O–H groups in total. The summed E-state index contributed by atoms with van der Waals surface area (Å²) in [4.78, 5) is 16.5. The second kappa shape index (κ2) is 9.57. The molecule has 1 aliphatic rings. The molecule has 1 fully saturated rings. The van der Waals surface area contributed by atoms with Crippen LogP contribution in [0.5, 0.6) is 5.75 Å². The van der Waals surface area contributed by atoms with E-state index in [0.29, 0.717) is 25.4 Å². The number of hydrogen-bond donors (Lipinski definition) is 1. The molecule has 1 amide bonds. The first-order chi connectivity index (χ1) is 14.7. The topological polar surface area (TPSA) is 69.0 Å². The lowest BCUT2D eigenvalue weighted by Gasteiger charge is -2.11. The molecule has 1 saturated carbocycles. The van der Waals surface area contributed by atoms with E-state index in [1.165, 1.54) is 25.7 Å². The number of carbonyl (C=O) groups is 1. The van der Waals surface area contributed by atoms with E-state index in [-0.39, 0.29) is 5.91 Å². The summed E-state index contributed by atoms with van der Waals surface area (Å²) in [7, 11) is 1.66. The Labute approximate surface area is 177 Å². The van der Waals surface area contributed by atoms with Gasteiger partial charge in [0.1, 0.15) is 5.75 Å². The van der Waals surface area contributed by atoms with Crippen LogP contribution in [-0.2, 0) is 11.3 Å². The number of methoxy groups -OCH3 is 1. The molecule has 3 aromatic rings. The zero-order chi connectivity index (χ0) is 20.8. The van der Waals surface area contributed by atoms with Crippen LogP contribution in [0.2, 0.25) is 0 Å². The summed E-state index contributed by atoms with van der Waals surface area (Å²) in [6, 6.07) is 13.9. The lowest BCUT2D eigenvalue weighted by atomic mass is 10.0. The molecule has 2 heterocycles. The van der Waals surface area contributed by atoms with Gasteiger partial charge in [-0.05, 0) is 61.2 Å². The summed E-state index contributed by atoms with van der Waals surface area (Å²) in [5.41, 5.74) is 3.89. The smallest absolute Gasteiger partial charge is 0.220 e. The minimum atomic E-state index is 0.146. The lowest BCUT2D eigenvalue weighted by Crippen LogP contribution is -2.28. The molecule has 0 spiro atoms. The molecule has 156 valence electrons. The standard InChI is InChI=1S/C24H28N4O2/c1-30-21-10-8-19(9-11-21)22-16-23(20-7-4-12-25-17-20)28(27-22)14-13-26-24(29)15-18-5-2-3-6-18/h4,7-12,16-18H,2-3,5-6,13-15H2,1H3,(H,26,29). The van der Waals surface area contributed by atoms with Gasteiger partial charge in [0.25, 0.3) is 0 Å². The molecule has 2 aromatic heterocycles. The number of aromatic nitrogens is 3. The molecule has 30 heavy (non-hydrogen) atoms. The number of ether oxygens (including phenoxy) is 1. The van der Waals surface area contributed by atoms with Crippen molar-refractivity contribution < 1.29 is 9.53 Å². The summed E-state index contributed by atoms with van der Waals surface area (Å²) in [6.07, 6.45) is 9.13. The van der Waals surface area contributed by atoms with Crippen molar-refractivity contribution in [1.82, 2.24) is 20.1 Å². The van der Waals surface area contributed by atoms with Crippen molar-refractivity contribution in [2.24, 2.45) is 5.92 Å². The number of amides is 1. The second-order valence-electron chi connectivity index (χ2n) is 7.81. The number of nitrogens with one attached hydrogen (secondary N) is 1. The van der Waals surface area contributed by atoms with Crippen LogP contribution >= 0.6 is 0 Å². The van der Waals surface area contributed by atoms with E-state index in [9.17, 15) is 4.79 Å². The number of hydrogen-bond acceptors (Lipinski definition) is 4. The Bertz CT molecular complexity index is 961. The fourth-order valence-corrected chi connectivity index (χ4v) is 4.09. The summed E-state index contributed by atoms with van der Waals surface area (Å²) in [5.74, 6) is 1.52. The van der Waals surface area contributed by atoms with Crippen LogP contribution in [0.1, 0.15) is 32.1 Å². The number of pyridine rings is 1. The molecule has 0 aliphatic heterocycles. The summed E-state index contributed by atoms with van der Waals surface area (Å²) in [6.45, 7) is 1.17. The molecule has 1 aliphatic carbocycles. The largest absolute Gasteiger partial charge is 0.497 e. The third-order valence-corrected chi connectivity index (χ3v) is 5.72. The first-order valence-corrected chi connectivity index (χ1v) is 10.6. The molecule has 0 radical (unpaired) electrons. The van der Waals surface area contributed by atoms with E-state index in [1.54, 1.807) is 13.3 Å². The normalized spacial score (nSPS) is 14.0. The third-order valence-electron chi connectivity index (χ3n) is 5.72. The van der Waals surface area contributed by atoms with Crippen LogP contribution < -0.4 is 10.1 Å². The predicted molar refractivity (Wildman–Crippen MR) is 117 cm³/mol. The van der Waals surface area contributed by atoms with Gasteiger partial charge in [-0.1, -0.05) is 12.8 Å². The summed E-state index contributed by atoms with van der Waals surface area (Å²) < 4.78 is 7.20. The zero-order valence-electron chi connectivity index (χ0n) is 17.4. The minimum Gasteiger partial charge on any atom is -0.497 e. The van der Waals surface area contributed by atoms with Gasteiger partial charge in [0.15, 0.2) is 0 Å². The van der Waals surface area contributed by atoms with Gasteiger partial charge in [0.05, 0.1) is 25.0 Å². The highest BCUT2D eigenvalue weighted by atomic mass is 16.5. The van der Waals surface area contributed by atoms with E-state index < -0.39 is 0 Å². The highest BCUT2D eigenvalue weighted by Crippen LogP contribution is 2.28. The maximum absolute atomic E-state index is 12.3. The predicted octanol–water partition coefficient (Wildman–Crippen LogP) is 4.32. The highest BCUT2D eigenvalue weighted by Gasteiger charge is 2.18. The Hall–Kier alpha value is -3.15. The Kier molecular flexibility index (Phi) is 6.42. The van der Waals surface area contributed by atoms with Crippen molar-refractivity contribution in [3.63, 3.8) is 0 Å². The van der Waals surface area contributed by atoms with E-state index in [0.717, 1.165) is 28.3 Å². The Balaban J connectivity index is 1.48. The van der Waals surface area contributed by atoms with Gasteiger partial charge in [-0.25, -0.2) is 0 Å². The molecule has 0 bridgehead atoms. The van der Waals surface area contributed by atoms with Crippen molar-refractivity contribution in [3.05, 3.63) is 54.9 Å². The molecular weight excluding hydrogens is 376 g/mol. The highest BCUT2D eigenvalue weighted by molar-refractivity contribution is 5.76. The molecule has 0 saturated heterocycles. The number of rotatable bonds is 8. The number of nitrogens with zero attached hydrogens (tertiary/aromatic N) is 3. The third kappa shape index (κ3) is 4.87. The van der Waals surface area contributed by atoms with Gasteiger partial charge >= 0.3 is 0 Å². The molecule has 1 aromatic carbocycles. The van der Waals surface area contributed by atoms with Gasteiger partial charge in [-0.2, -0.15) is 5.10 Å². The van der Waals surface area contributed by atoms with Gasteiger partial charge in [0, 0.05) is 36.5 Å². The Morgan fingerprint density at radius 2 is 1.97 bits per heavy atom. The van der Waals surface area contributed by atoms with E-state index in [4.69, 9.17) is 9.84 Å². The maximum atomic E-state index is 12.3. The molecule has 0 atom stereocenters. The van der Waals surface area contributed by atoms with E-state index >= 15 is 0 Å². The van der Waals surface area contributed by atoms with Crippen molar-refractivity contribution in [2.45, 2.75) is 38.6 Å².